The van der Waals surface area contributed by atoms with Crippen LogP contribution in [0.5, 0.6) is 5.75 Å². The van der Waals surface area contributed by atoms with E-state index in [0.717, 1.165) is 66.0 Å². The number of hydrogen-bond donors (Lipinski definition) is 2. The smallest absolute Gasteiger partial charge is 0.248 e. The van der Waals surface area contributed by atoms with E-state index >= 15 is 0 Å². The molecule has 1 aromatic carbocycles. The normalized spacial score (nSPS) is 22.4. The van der Waals surface area contributed by atoms with Crippen molar-refractivity contribution >= 4 is 37.7 Å². The molecular weight excluding hydrogens is 526 g/mol. The molecule has 1 amide bonds. The van der Waals surface area contributed by atoms with Gasteiger partial charge in [0.05, 0.1) is 18.1 Å². The van der Waals surface area contributed by atoms with E-state index in [-0.39, 0.29) is 17.6 Å². The maximum absolute atomic E-state index is 13.4. The third-order valence-electron chi connectivity index (χ3n) is 8.52. The maximum Gasteiger partial charge on any atom is 0.248 e. The van der Waals surface area contributed by atoms with Crippen molar-refractivity contribution in [1.29, 1.82) is 0 Å². The number of rotatable bonds is 8. The highest BCUT2D eigenvalue weighted by atomic mass is 32.2. The third kappa shape index (κ3) is 5.55. The highest BCUT2D eigenvalue weighted by molar-refractivity contribution is 7.89. The highest BCUT2D eigenvalue weighted by Crippen LogP contribution is 2.40. The average Bonchev–Trinajstić information content (AvgIpc) is 3.46. The van der Waals surface area contributed by atoms with Gasteiger partial charge in [0.2, 0.25) is 15.9 Å². The van der Waals surface area contributed by atoms with Crippen molar-refractivity contribution in [3.8, 4) is 5.75 Å². The molecule has 1 atom stereocenters. The van der Waals surface area contributed by atoms with Gasteiger partial charge in [0.1, 0.15) is 11.4 Å². The van der Waals surface area contributed by atoms with Crippen molar-refractivity contribution in [1.82, 2.24) is 19.3 Å². The number of amides is 1. The van der Waals surface area contributed by atoms with Crippen molar-refractivity contribution < 1.29 is 17.9 Å². The molecule has 1 saturated heterocycles. The Hall–Kier alpha value is -3.50. The number of aromatic nitrogens is 3. The number of primary amides is 1. The molecule has 3 N–H and O–H groups in total. The fourth-order valence-corrected chi connectivity index (χ4v) is 8.34. The molecule has 40 heavy (non-hydrogen) atoms. The van der Waals surface area contributed by atoms with Crippen LogP contribution < -0.4 is 10.5 Å². The topological polar surface area (TPSA) is 131 Å². The van der Waals surface area contributed by atoms with Crippen molar-refractivity contribution in [2.75, 3.05) is 25.4 Å². The number of piperidine rings is 1. The number of aromatic amines is 1. The SMILES string of the molecule is NC(=O)c1ccc(OCC2CCCN(S(=O)(=O)CC3CCC(c4nccc5cnc6[nH]ccc6c45)CC3)C2)cc1. The van der Waals surface area contributed by atoms with Crippen LogP contribution in [0.15, 0.2) is 55.0 Å². The first-order valence-corrected chi connectivity index (χ1v) is 15.7. The van der Waals surface area contributed by atoms with E-state index in [4.69, 9.17) is 15.5 Å². The minimum absolute atomic E-state index is 0.132. The number of nitrogens with zero attached hydrogens (tertiary/aromatic N) is 3. The van der Waals surface area contributed by atoms with Gasteiger partial charge in [-0.25, -0.2) is 17.7 Å². The predicted molar refractivity (Wildman–Crippen MR) is 155 cm³/mol. The zero-order valence-corrected chi connectivity index (χ0v) is 23.3. The lowest BCUT2D eigenvalue weighted by Crippen LogP contribution is -2.43. The molecule has 4 heterocycles. The fourth-order valence-electron chi connectivity index (χ4n) is 6.36. The molecule has 1 unspecified atom stereocenters. The first-order chi connectivity index (χ1) is 19.4. The number of hydrogen-bond acceptors (Lipinski definition) is 6. The number of nitrogens with one attached hydrogen (secondary N) is 1. The second-order valence-electron chi connectivity index (χ2n) is 11.2. The summed E-state index contributed by atoms with van der Waals surface area (Å²) in [4.78, 5) is 23.8. The summed E-state index contributed by atoms with van der Waals surface area (Å²) < 4.78 is 34.5. The van der Waals surface area contributed by atoms with E-state index < -0.39 is 15.9 Å². The van der Waals surface area contributed by atoms with Crippen LogP contribution in [0.3, 0.4) is 0 Å². The largest absolute Gasteiger partial charge is 0.493 e. The van der Waals surface area contributed by atoms with Crippen LogP contribution in [0, 0.1) is 11.8 Å². The van der Waals surface area contributed by atoms with Gasteiger partial charge in [-0.15, -0.1) is 0 Å². The number of benzene rings is 1. The molecule has 1 aliphatic carbocycles. The van der Waals surface area contributed by atoms with Gasteiger partial charge in [-0.1, -0.05) is 0 Å². The monoisotopic (exact) mass is 561 g/mol. The van der Waals surface area contributed by atoms with Gasteiger partial charge < -0.3 is 15.5 Å². The average molecular weight is 562 g/mol. The van der Waals surface area contributed by atoms with E-state index in [2.05, 4.69) is 16.0 Å². The summed E-state index contributed by atoms with van der Waals surface area (Å²) >= 11 is 0. The molecule has 10 heteroatoms. The Balaban J connectivity index is 1.05. The van der Waals surface area contributed by atoms with Crippen LogP contribution in [0.2, 0.25) is 0 Å². The Morgan fingerprint density at radius 3 is 2.60 bits per heavy atom. The van der Waals surface area contributed by atoms with E-state index in [9.17, 15) is 13.2 Å². The van der Waals surface area contributed by atoms with Crippen molar-refractivity contribution in [2.45, 2.75) is 44.4 Å². The molecule has 210 valence electrons. The lowest BCUT2D eigenvalue weighted by molar-refractivity contribution is 0.1000. The van der Waals surface area contributed by atoms with Gasteiger partial charge in [0.15, 0.2) is 0 Å². The first kappa shape index (κ1) is 26.7. The minimum atomic E-state index is -3.35. The Morgan fingerprint density at radius 1 is 1.02 bits per heavy atom. The predicted octanol–water partition coefficient (Wildman–Crippen LogP) is 4.60. The van der Waals surface area contributed by atoms with Gasteiger partial charge in [-0.05, 0) is 80.8 Å². The molecule has 3 aromatic heterocycles. The summed E-state index contributed by atoms with van der Waals surface area (Å²) in [6, 6.07) is 10.8. The first-order valence-electron chi connectivity index (χ1n) is 14.1. The molecule has 6 rings (SSSR count). The number of carbonyl (C=O) groups is 1. The molecule has 1 aliphatic heterocycles. The van der Waals surface area contributed by atoms with Gasteiger partial charge in [-0.2, -0.15) is 0 Å². The second-order valence-corrected chi connectivity index (χ2v) is 13.2. The van der Waals surface area contributed by atoms with Crippen LogP contribution >= 0.6 is 0 Å². The standard InChI is InChI=1S/C30H35N5O4S/c31-29(36)23-7-9-25(10-8-23)39-18-21-2-1-15-35(17-21)40(37,38)19-20-3-5-22(6-4-20)28-27-24(11-13-32-28)16-34-30-26(27)12-14-33-30/h7-14,16,20-22H,1-6,15,17-19H2,(H2,31,36)(H,33,34). The van der Waals surface area contributed by atoms with Crippen LogP contribution in [0.4, 0.5) is 0 Å². The number of nitrogens with two attached hydrogens (primary N) is 1. The number of H-pyrrole nitrogens is 1. The Bertz CT molecular complexity index is 1610. The third-order valence-corrected chi connectivity index (χ3v) is 10.5. The van der Waals surface area contributed by atoms with E-state index in [1.165, 1.54) is 0 Å². The molecule has 9 nitrogen and oxygen atoms in total. The zero-order chi connectivity index (χ0) is 27.7. The Labute approximate surface area is 234 Å². The van der Waals surface area contributed by atoms with Crippen molar-refractivity contribution in [3.05, 3.63) is 66.2 Å². The summed E-state index contributed by atoms with van der Waals surface area (Å²) in [5.41, 5.74) is 7.70. The van der Waals surface area contributed by atoms with Crippen molar-refractivity contribution in [3.63, 3.8) is 0 Å². The van der Waals surface area contributed by atoms with Crippen LogP contribution in [0.25, 0.3) is 21.8 Å². The van der Waals surface area contributed by atoms with Gasteiger partial charge in [0.25, 0.3) is 0 Å². The molecule has 0 spiro atoms. The zero-order valence-electron chi connectivity index (χ0n) is 22.5. The molecule has 1 saturated carbocycles. The highest BCUT2D eigenvalue weighted by Gasteiger charge is 2.33. The second kappa shape index (κ2) is 11.2. The lowest BCUT2D eigenvalue weighted by atomic mass is 9.80. The van der Waals surface area contributed by atoms with Gasteiger partial charge >= 0.3 is 0 Å². The summed E-state index contributed by atoms with van der Waals surface area (Å²) in [5, 5.41) is 3.35. The fraction of sp³-hybridized carbons (Fsp3) is 0.433. The summed E-state index contributed by atoms with van der Waals surface area (Å²) in [7, 11) is -3.35. The van der Waals surface area contributed by atoms with E-state index in [0.29, 0.717) is 36.9 Å². The molecule has 4 aromatic rings. The quantitative estimate of drug-likeness (QED) is 0.323. The summed E-state index contributed by atoms with van der Waals surface area (Å²) in [5.74, 6) is 0.983. The number of pyridine rings is 2. The van der Waals surface area contributed by atoms with Crippen LogP contribution in [-0.4, -0.2) is 59.0 Å². The van der Waals surface area contributed by atoms with E-state index in [1.54, 1.807) is 28.6 Å². The number of fused-ring (bicyclic) bond motifs is 3. The van der Waals surface area contributed by atoms with E-state index in [1.807, 2.05) is 24.7 Å². The Kier molecular flexibility index (Phi) is 7.46. The molecular formula is C30H35N5O4S. The number of ether oxygens (including phenoxy) is 1. The molecule has 2 aliphatic rings. The van der Waals surface area contributed by atoms with Crippen LogP contribution in [0.1, 0.15) is 60.5 Å². The van der Waals surface area contributed by atoms with Crippen molar-refractivity contribution in [2.24, 2.45) is 17.6 Å². The lowest BCUT2D eigenvalue weighted by Gasteiger charge is -2.34. The van der Waals surface area contributed by atoms with Gasteiger partial charge in [0, 0.05) is 65.2 Å². The number of sulfonamides is 1. The van der Waals surface area contributed by atoms with Crippen LogP contribution in [-0.2, 0) is 10.0 Å². The summed E-state index contributed by atoms with van der Waals surface area (Å²) in [6.07, 6.45) is 11.1. The summed E-state index contributed by atoms with van der Waals surface area (Å²) in [6.45, 7) is 1.49. The number of carbonyl (C=O) groups excluding carboxylic acids is 1. The molecule has 0 bridgehead atoms. The van der Waals surface area contributed by atoms with Gasteiger partial charge in [-0.3, -0.25) is 9.78 Å². The Morgan fingerprint density at radius 2 is 1.82 bits per heavy atom. The molecule has 0 radical (unpaired) electrons. The maximum atomic E-state index is 13.4. The minimum Gasteiger partial charge on any atom is -0.493 e. The molecule has 2 fully saturated rings.